The van der Waals surface area contributed by atoms with Gasteiger partial charge in [-0.1, -0.05) is 13.8 Å². The van der Waals surface area contributed by atoms with E-state index in [1.165, 1.54) is 0 Å². The molecule has 0 aromatic carbocycles. The molecule has 0 saturated carbocycles. The molecular formula is C11H19N3OS. The number of amides is 1. The molecule has 1 N–H and O–H groups in total. The van der Waals surface area contributed by atoms with E-state index in [-0.39, 0.29) is 5.91 Å². The highest BCUT2D eigenvalue weighted by atomic mass is 32.1. The number of thiazole rings is 1. The minimum atomic E-state index is 0.111. The number of hydrogen-bond acceptors (Lipinski definition) is 4. The Morgan fingerprint density at radius 1 is 1.62 bits per heavy atom. The molecule has 0 atom stereocenters. The third kappa shape index (κ3) is 4.28. The molecule has 1 aromatic rings. The van der Waals surface area contributed by atoms with Crippen molar-refractivity contribution in [1.29, 1.82) is 0 Å². The zero-order valence-corrected chi connectivity index (χ0v) is 11.1. The van der Waals surface area contributed by atoms with Crippen LogP contribution in [0.2, 0.25) is 0 Å². The van der Waals surface area contributed by atoms with Gasteiger partial charge < -0.3 is 10.2 Å². The fourth-order valence-electron chi connectivity index (χ4n) is 1.23. The SMILES string of the molecule is Cc1ncc(CN(C)C(=O)CNC(C)C)s1. The first-order valence-corrected chi connectivity index (χ1v) is 6.19. The van der Waals surface area contributed by atoms with Crippen LogP contribution in [0.25, 0.3) is 0 Å². The van der Waals surface area contributed by atoms with Gasteiger partial charge in [-0.2, -0.15) is 0 Å². The molecule has 1 heterocycles. The van der Waals surface area contributed by atoms with Crippen molar-refractivity contribution in [1.82, 2.24) is 15.2 Å². The maximum atomic E-state index is 11.7. The Morgan fingerprint density at radius 3 is 2.81 bits per heavy atom. The normalized spacial score (nSPS) is 10.8. The van der Waals surface area contributed by atoms with Gasteiger partial charge in [-0.25, -0.2) is 4.98 Å². The quantitative estimate of drug-likeness (QED) is 0.847. The van der Waals surface area contributed by atoms with Gasteiger partial charge in [0.25, 0.3) is 0 Å². The highest BCUT2D eigenvalue weighted by Crippen LogP contribution is 2.13. The van der Waals surface area contributed by atoms with Crippen molar-refractivity contribution in [2.45, 2.75) is 33.4 Å². The van der Waals surface area contributed by atoms with Gasteiger partial charge in [-0.05, 0) is 6.92 Å². The minimum Gasteiger partial charge on any atom is -0.339 e. The van der Waals surface area contributed by atoms with Crippen LogP contribution in [0.1, 0.15) is 23.7 Å². The summed E-state index contributed by atoms with van der Waals surface area (Å²) in [5.41, 5.74) is 0. The van der Waals surface area contributed by atoms with Gasteiger partial charge in [-0.3, -0.25) is 4.79 Å². The van der Waals surface area contributed by atoms with Crippen LogP contribution in [0, 0.1) is 6.92 Å². The Bertz CT molecular complexity index is 349. The lowest BCUT2D eigenvalue weighted by Crippen LogP contribution is -2.37. The maximum absolute atomic E-state index is 11.7. The van der Waals surface area contributed by atoms with Crippen molar-refractivity contribution < 1.29 is 4.79 Å². The van der Waals surface area contributed by atoms with E-state index in [1.54, 1.807) is 16.2 Å². The van der Waals surface area contributed by atoms with Crippen LogP contribution in [0.15, 0.2) is 6.20 Å². The standard InChI is InChI=1S/C11H19N3OS/c1-8(2)12-6-11(15)14(4)7-10-5-13-9(3)16-10/h5,8,12H,6-7H2,1-4H3. The van der Waals surface area contributed by atoms with Crippen LogP contribution in [0.4, 0.5) is 0 Å². The van der Waals surface area contributed by atoms with Crippen LogP contribution < -0.4 is 5.32 Å². The molecule has 1 amide bonds. The first kappa shape index (κ1) is 13.1. The number of hydrogen-bond donors (Lipinski definition) is 1. The van der Waals surface area contributed by atoms with Crippen LogP contribution >= 0.6 is 11.3 Å². The van der Waals surface area contributed by atoms with Crippen molar-refractivity contribution in [3.8, 4) is 0 Å². The van der Waals surface area contributed by atoms with E-state index in [2.05, 4.69) is 10.3 Å². The molecule has 0 bridgehead atoms. The van der Waals surface area contributed by atoms with Gasteiger partial charge in [0.2, 0.25) is 5.91 Å². The van der Waals surface area contributed by atoms with E-state index >= 15 is 0 Å². The third-order valence-electron chi connectivity index (χ3n) is 2.15. The number of likely N-dealkylation sites (N-methyl/N-ethyl adjacent to an activating group) is 1. The molecule has 16 heavy (non-hydrogen) atoms. The van der Waals surface area contributed by atoms with E-state index in [1.807, 2.05) is 34.0 Å². The first-order valence-electron chi connectivity index (χ1n) is 5.37. The van der Waals surface area contributed by atoms with Gasteiger partial charge in [-0.15, -0.1) is 11.3 Å². The van der Waals surface area contributed by atoms with Crippen molar-refractivity contribution in [3.63, 3.8) is 0 Å². The van der Waals surface area contributed by atoms with E-state index in [9.17, 15) is 4.79 Å². The Labute approximate surface area is 101 Å². The lowest BCUT2D eigenvalue weighted by molar-refractivity contribution is -0.129. The number of nitrogens with zero attached hydrogens (tertiary/aromatic N) is 2. The largest absolute Gasteiger partial charge is 0.339 e. The molecule has 0 saturated heterocycles. The Balaban J connectivity index is 2.39. The Morgan fingerprint density at radius 2 is 2.31 bits per heavy atom. The number of nitrogens with one attached hydrogen (secondary N) is 1. The summed E-state index contributed by atoms with van der Waals surface area (Å²) in [6.45, 7) is 7.06. The highest BCUT2D eigenvalue weighted by molar-refractivity contribution is 7.11. The molecule has 0 spiro atoms. The molecule has 0 radical (unpaired) electrons. The summed E-state index contributed by atoms with van der Waals surface area (Å²) in [6.07, 6.45) is 1.83. The first-order chi connectivity index (χ1) is 7.49. The number of carbonyl (C=O) groups excluding carboxylic acids is 1. The molecule has 0 unspecified atom stereocenters. The highest BCUT2D eigenvalue weighted by Gasteiger charge is 2.10. The molecule has 1 rings (SSSR count). The van der Waals surface area contributed by atoms with Crippen LogP contribution in [0.3, 0.4) is 0 Å². The van der Waals surface area contributed by atoms with E-state index < -0.39 is 0 Å². The summed E-state index contributed by atoms with van der Waals surface area (Å²) in [5.74, 6) is 0.111. The molecule has 0 aliphatic rings. The molecule has 1 aromatic heterocycles. The number of rotatable bonds is 5. The average Bonchev–Trinajstić information content (AvgIpc) is 2.60. The summed E-state index contributed by atoms with van der Waals surface area (Å²) in [4.78, 5) is 18.7. The van der Waals surface area contributed by atoms with Crippen molar-refractivity contribution >= 4 is 17.2 Å². The second-order valence-electron chi connectivity index (χ2n) is 4.13. The maximum Gasteiger partial charge on any atom is 0.236 e. The molecule has 90 valence electrons. The molecule has 4 nitrogen and oxygen atoms in total. The molecule has 0 aliphatic carbocycles. The van der Waals surface area contributed by atoms with Gasteiger partial charge in [0.1, 0.15) is 0 Å². The monoisotopic (exact) mass is 241 g/mol. The molecule has 5 heteroatoms. The number of aromatic nitrogens is 1. The predicted molar refractivity (Wildman–Crippen MR) is 66.5 cm³/mol. The van der Waals surface area contributed by atoms with Crippen molar-refractivity contribution in [3.05, 3.63) is 16.1 Å². The number of aryl methyl sites for hydroxylation is 1. The van der Waals surface area contributed by atoms with Crippen molar-refractivity contribution in [2.75, 3.05) is 13.6 Å². The smallest absolute Gasteiger partial charge is 0.236 e. The lowest BCUT2D eigenvalue weighted by atomic mass is 10.4. The minimum absolute atomic E-state index is 0.111. The van der Waals surface area contributed by atoms with Crippen LogP contribution in [-0.4, -0.2) is 35.4 Å². The Hall–Kier alpha value is -0.940. The fraction of sp³-hybridized carbons (Fsp3) is 0.636. The van der Waals surface area contributed by atoms with Gasteiger partial charge in [0.05, 0.1) is 18.1 Å². The van der Waals surface area contributed by atoms with Gasteiger partial charge in [0, 0.05) is 24.2 Å². The second-order valence-corrected chi connectivity index (χ2v) is 5.45. The van der Waals surface area contributed by atoms with Crippen LogP contribution in [0.5, 0.6) is 0 Å². The third-order valence-corrected chi connectivity index (χ3v) is 3.05. The second kappa shape index (κ2) is 5.96. The molecular weight excluding hydrogens is 222 g/mol. The van der Waals surface area contributed by atoms with Crippen LogP contribution in [-0.2, 0) is 11.3 Å². The summed E-state index contributed by atoms with van der Waals surface area (Å²) in [5, 5.41) is 4.15. The van der Waals surface area contributed by atoms with E-state index in [0.29, 0.717) is 19.1 Å². The zero-order chi connectivity index (χ0) is 12.1. The molecule has 0 fully saturated rings. The predicted octanol–water partition coefficient (Wildman–Crippen LogP) is 1.41. The van der Waals surface area contributed by atoms with E-state index in [0.717, 1.165) is 9.88 Å². The topological polar surface area (TPSA) is 45.2 Å². The summed E-state index contributed by atoms with van der Waals surface area (Å²) >= 11 is 1.63. The summed E-state index contributed by atoms with van der Waals surface area (Å²) < 4.78 is 0. The average molecular weight is 241 g/mol. The Kier molecular flexibility index (Phi) is 4.89. The lowest BCUT2D eigenvalue weighted by Gasteiger charge is -2.17. The van der Waals surface area contributed by atoms with Crippen molar-refractivity contribution in [2.24, 2.45) is 0 Å². The fourth-order valence-corrected chi connectivity index (χ4v) is 2.08. The van der Waals surface area contributed by atoms with Gasteiger partial charge in [0.15, 0.2) is 0 Å². The zero-order valence-electron chi connectivity index (χ0n) is 10.3. The summed E-state index contributed by atoms with van der Waals surface area (Å²) in [7, 11) is 1.82. The van der Waals surface area contributed by atoms with Gasteiger partial charge >= 0.3 is 0 Å². The number of carbonyl (C=O) groups is 1. The molecule has 0 aliphatic heterocycles. The summed E-state index contributed by atoms with van der Waals surface area (Å²) in [6, 6.07) is 0.336. The van der Waals surface area contributed by atoms with E-state index in [4.69, 9.17) is 0 Å².